The van der Waals surface area contributed by atoms with E-state index in [1.165, 1.54) is 6.08 Å². The largest absolute Gasteiger partial charge is 0.386 e. The maximum Gasteiger partial charge on any atom is 0.190 e. The first-order chi connectivity index (χ1) is 9.22. The number of aliphatic hydroxyl groups excluding tert-OH is 1. The van der Waals surface area contributed by atoms with Gasteiger partial charge in [-0.25, -0.2) is 0 Å². The predicted octanol–water partition coefficient (Wildman–Crippen LogP) is 0.930. The van der Waals surface area contributed by atoms with Gasteiger partial charge in [-0.1, -0.05) is 6.08 Å². The zero-order valence-electron chi connectivity index (χ0n) is 12.2. The smallest absolute Gasteiger partial charge is 0.190 e. The monoisotopic (exact) mass is 286 g/mol. The SMILES string of the molecule is C=C[C@@H](O)[C@@H]1O[C@H]2OC(C)(C)O[C@@H]2[C@@H]2OC(C)(C)O[C@H]21. The first-order valence-corrected chi connectivity index (χ1v) is 6.90. The Morgan fingerprint density at radius 1 is 0.950 bits per heavy atom. The Kier molecular flexibility index (Phi) is 3.25. The van der Waals surface area contributed by atoms with Gasteiger partial charge < -0.3 is 28.8 Å². The second-order valence-electron chi connectivity index (χ2n) is 6.36. The quantitative estimate of drug-likeness (QED) is 0.762. The zero-order chi connectivity index (χ0) is 14.7. The summed E-state index contributed by atoms with van der Waals surface area (Å²) >= 11 is 0. The molecule has 6 atom stereocenters. The van der Waals surface area contributed by atoms with E-state index < -0.39 is 36.2 Å². The molecule has 0 aliphatic carbocycles. The highest BCUT2D eigenvalue weighted by Gasteiger charge is 2.61. The molecule has 3 saturated heterocycles. The lowest BCUT2D eigenvalue weighted by Crippen LogP contribution is -2.58. The molecule has 3 rings (SSSR count). The van der Waals surface area contributed by atoms with Gasteiger partial charge in [-0.3, -0.25) is 0 Å². The lowest BCUT2D eigenvalue weighted by Gasteiger charge is -2.38. The normalized spacial score (nSPS) is 46.5. The van der Waals surface area contributed by atoms with Crippen molar-refractivity contribution in [2.75, 3.05) is 0 Å². The lowest BCUT2D eigenvalue weighted by atomic mass is 9.95. The summed E-state index contributed by atoms with van der Waals surface area (Å²) < 4.78 is 29.2. The van der Waals surface area contributed by atoms with E-state index in [2.05, 4.69) is 6.58 Å². The Bertz CT molecular complexity index is 406. The van der Waals surface area contributed by atoms with Gasteiger partial charge in [0, 0.05) is 0 Å². The van der Waals surface area contributed by atoms with Gasteiger partial charge in [0.1, 0.15) is 30.5 Å². The van der Waals surface area contributed by atoms with Crippen LogP contribution in [0.5, 0.6) is 0 Å². The molecule has 3 aliphatic rings. The van der Waals surface area contributed by atoms with E-state index in [1.807, 2.05) is 27.7 Å². The Morgan fingerprint density at radius 2 is 1.50 bits per heavy atom. The van der Waals surface area contributed by atoms with E-state index in [0.717, 1.165) is 0 Å². The van der Waals surface area contributed by atoms with Gasteiger partial charge in [-0.2, -0.15) is 0 Å². The standard InChI is InChI=1S/C14H22O6/c1-6-7(15)8-9-10(18-13(2,3)17-9)11-12(16-8)20-14(4,5)19-11/h6-12,15H,1H2,2-5H3/t7-,8+,9+,10-,11-,12+/m1/s1. The molecule has 114 valence electrons. The van der Waals surface area contributed by atoms with Crippen molar-refractivity contribution in [2.45, 2.75) is 76.1 Å². The zero-order valence-corrected chi connectivity index (χ0v) is 12.2. The molecule has 6 heteroatoms. The highest BCUT2D eigenvalue weighted by atomic mass is 16.9. The van der Waals surface area contributed by atoms with E-state index in [9.17, 15) is 5.11 Å². The number of aliphatic hydroxyl groups is 1. The number of ether oxygens (including phenoxy) is 5. The summed E-state index contributed by atoms with van der Waals surface area (Å²) in [7, 11) is 0. The molecule has 20 heavy (non-hydrogen) atoms. The summed E-state index contributed by atoms with van der Waals surface area (Å²) in [5, 5.41) is 10.1. The Hall–Kier alpha value is -0.500. The lowest BCUT2D eigenvalue weighted by molar-refractivity contribution is -0.247. The molecule has 0 aromatic rings. The summed E-state index contributed by atoms with van der Waals surface area (Å²) in [6.07, 6.45) is -1.72. The molecule has 0 unspecified atom stereocenters. The van der Waals surface area contributed by atoms with Gasteiger partial charge >= 0.3 is 0 Å². The van der Waals surface area contributed by atoms with Crippen LogP contribution in [0.4, 0.5) is 0 Å². The molecule has 0 saturated carbocycles. The van der Waals surface area contributed by atoms with Gasteiger partial charge in [0.25, 0.3) is 0 Å². The summed E-state index contributed by atoms with van der Waals surface area (Å²) in [6, 6.07) is 0. The molecule has 1 N–H and O–H groups in total. The van der Waals surface area contributed by atoms with E-state index in [1.54, 1.807) is 0 Å². The van der Waals surface area contributed by atoms with Crippen LogP contribution in [0.15, 0.2) is 12.7 Å². The van der Waals surface area contributed by atoms with Crippen molar-refractivity contribution in [3.63, 3.8) is 0 Å². The molecule has 0 amide bonds. The Morgan fingerprint density at radius 3 is 2.15 bits per heavy atom. The van der Waals surface area contributed by atoms with Crippen molar-refractivity contribution in [1.82, 2.24) is 0 Å². The van der Waals surface area contributed by atoms with Gasteiger partial charge in [-0.15, -0.1) is 6.58 Å². The fourth-order valence-electron chi connectivity index (χ4n) is 3.05. The van der Waals surface area contributed by atoms with Crippen molar-refractivity contribution < 1.29 is 28.8 Å². The molecule has 0 spiro atoms. The van der Waals surface area contributed by atoms with Crippen LogP contribution in [-0.2, 0) is 23.7 Å². The van der Waals surface area contributed by atoms with Gasteiger partial charge in [0.05, 0.1) is 0 Å². The van der Waals surface area contributed by atoms with Crippen molar-refractivity contribution >= 4 is 0 Å². The van der Waals surface area contributed by atoms with Crippen molar-refractivity contribution in [2.24, 2.45) is 0 Å². The molecule has 0 aromatic heterocycles. The van der Waals surface area contributed by atoms with Crippen LogP contribution < -0.4 is 0 Å². The first kappa shape index (κ1) is 14.4. The highest BCUT2D eigenvalue weighted by Crippen LogP contribution is 2.44. The molecule has 0 aromatic carbocycles. The molecule has 3 fully saturated rings. The number of hydrogen-bond acceptors (Lipinski definition) is 6. The summed E-state index contributed by atoms with van der Waals surface area (Å²) in [4.78, 5) is 0. The molecule has 0 bridgehead atoms. The van der Waals surface area contributed by atoms with Crippen LogP contribution in [0.25, 0.3) is 0 Å². The maximum atomic E-state index is 10.1. The third kappa shape index (κ3) is 2.30. The van der Waals surface area contributed by atoms with Crippen LogP contribution in [-0.4, -0.2) is 53.5 Å². The van der Waals surface area contributed by atoms with Crippen molar-refractivity contribution in [3.05, 3.63) is 12.7 Å². The number of fused-ring (bicyclic) bond motifs is 3. The molecular formula is C14H22O6. The predicted molar refractivity (Wildman–Crippen MR) is 68.7 cm³/mol. The minimum atomic E-state index is -0.853. The highest BCUT2D eigenvalue weighted by molar-refractivity contribution is 5.04. The Labute approximate surface area is 118 Å². The number of hydrogen-bond donors (Lipinski definition) is 1. The first-order valence-electron chi connectivity index (χ1n) is 6.90. The third-order valence-electron chi connectivity index (χ3n) is 3.77. The van der Waals surface area contributed by atoms with Gasteiger partial charge in [0.15, 0.2) is 17.9 Å². The summed E-state index contributed by atoms with van der Waals surface area (Å²) in [5.74, 6) is -1.49. The van der Waals surface area contributed by atoms with Gasteiger partial charge in [-0.05, 0) is 27.7 Å². The molecule has 6 nitrogen and oxygen atoms in total. The van der Waals surface area contributed by atoms with E-state index in [0.29, 0.717) is 0 Å². The molecule has 3 heterocycles. The van der Waals surface area contributed by atoms with Crippen LogP contribution >= 0.6 is 0 Å². The maximum absolute atomic E-state index is 10.1. The topological polar surface area (TPSA) is 66.4 Å². The third-order valence-corrected chi connectivity index (χ3v) is 3.77. The van der Waals surface area contributed by atoms with E-state index in [4.69, 9.17) is 23.7 Å². The number of rotatable bonds is 2. The van der Waals surface area contributed by atoms with E-state index >= 15 is 0 Å². The van der Waals surface area contributed by atoms with E-state index in [-0.39, 0.29) is 12.2 Å². The average molecular weight is 286 g/mol. The Balaban J connectivity index is 1.89. The fourth-order valence-corrected chi connectivity index (χ4v) is 3.05. The van der Waals surface area contributed by atoms with Crippen LogP contribution in [0, 0.1) is 0 Å². The molecule has 3 aliphatic heterocycles. The van der Waals surface area contributed by atoms with Crippen LogP contribution in [0.2, 0.25) is 0 Å². The fraction of sp³-hybridized carbons (Fsp3) is 0.857. The second kappa shape index (κ2) is 4.50. The van der Waals surface area contributed by atoms with Crippen LogP contribution in [0.3, 0.4) is 0 Å². The summed E-state index contributed by atoms with van der Waals surface area (Å²) in [6.45, 7) is 10.9. The second-order valence-corrected chi connectivity index (χ2v) is 6.36. The summed E-state index contributed by atoms with van der Waals surface area (Å²) in [5.41, 5.74) is 0. The molecule has 0 radical (unpaired) electrons. The van der Waals surface area contributed by atoms with Crippen LogP contribution in [0.1, 0.15) is 27.7 Å². The van der Waals surface area contributed by atoms with Gasteiger partial charge in [0.2, 0.25) is 0 Å². The van der Waals surface area contributed by atoms with Crippen molar-refractivity contribution in [3.8, 4) is 0 Å². The van der Waals surface area contributed by atoms with Crippen molar-refractivity contribution in [1.29, 1.82) is 0 Å². The minimum absolute atomic E-state index is 0.342. The average Bonchev–Trinajstić information content (AvgIpc) is 2.81. The minimum Gasteiger partial charge on any atom is -0.386 e. The molecular weight excluding hydrogens is 264 g/mol.